The summed E-state index contributed by atoms with van der Waals surface area (Å²) in [5, 5.41) is 3.20. The number of benzene rings is 1. The van der Waals surface area contributed by atoms with E-state index >= 15 is 0 Å². The molecule has 3 nitrogen and oxygen atoms in total. The zero-order valence-corrected chi connectivity index (χ0v) is 13.0. The van der Waals surface area contributed by atoms with Crippen molar-refractivity contribution in [2.24, 2.45) is 17.8 Å². The SMILES string of the molecule is CCOc1ccccc1C(=O)N[C@@H](C)[C@H]1C[C@@H]2CC[C@H]1C2. The molecule has 114 valence electrons. The number of carbonyl (C=O) groups excluding carboxylic acids is 1. The summed E-state index contributed by atoms with van der Waals surface area (Å²) in [5.74, 6) is 3.07. The van der Waals surface area contributed by atoms with E-state index in [4.69, 9.17) is 4.74 Å². The molecule has 0 aromatic heterocycles. The summed E-state index contributed by atoms with van der Waals surface area (Å²) in [7, 11) is 0. The molecule has 2 aliphatic rings. The molecule has 2 aliphatic carbocycles. The van der Waals surface area contributed by atoms with Crippen molar-refractivity contribution in [3.05, 3.63) is 29.8 Å². The van der Waals surface area contributed by atoms with Crippen molar-refractivity contribution >= 4 is 5.91 Å². The minimum Gasteiger partial charge on any atom is -0.493 e. The lowest BCUT2D eigenvalue weighted by molar-refractivity contribution is 0.0911. The van der Waals surface area contributed by atoms with Crippen LogP contribution < -0.4 is 10.1 Å². The lowest BCUT2D eigenvalue weighted by atomic mass is 9.84. The fraction of sp³-hybridized carbons (Fsp3) is 0.611. The maximum Gasteiger partial charge on any atom is 0.255 e. The van der Waals surface area contributed by atoms with Crippen molar-refractivity contribution < 1.29 is 9.53 Å². The Morgan fingerprint density at radius 1 is 1.33 bits per heavy atom. The Bertz CT molecular complexity index is 514. The number of rotatable bonds is 5. The van der Waals surface area contributed by atoms with Gasteiger partial charge in [0.05, 0.1) is 12.2 Å². The summed E-state index contributed by atoms with van der Waals surface area (Å²) in [5.41, 5.74) is 0.648. The van der Waals surface area contributed by atoms with Crippen molar-refractivity contribution in [2.45, 2.75) is 45.6 Å². The summed E-state index contributed by atoms with van der Waals surface area (Å²) in [6.07, 6.45) is 5.42. The maximum absolute atomic E-state index is 12.5. The Labute approximate surface area is 127 Å². The fourth-order valence-corrected chi connectivity index (χ4v) is 4.23. The van der Waals surface area contributed by atoms with Gasteiger partial charge >= 0.3 is 0 Å². The minimum absolute atomic E-state index is 0.00526. The van der Waals surface area contributed by atoms with Crippen LogP contribution in [-0.4, -0.2) is 18.6 Å². The van der Waals surface area contributed by atoms with Crippen LogP contribution in [-0.2, 0) is 0 Å². The molecular weight excluding hydrogens is 262 g/mol. The number of amides is 1. The number of nitrogens with one attached hydrogen (secondary N) is 1. The average Bonchev–Trinajstić information content (AvgIpc) is 3.10. The molecule has 1 aromatic rings. The predicted molar refractivity (Wildman–Crippen MR) is 83.5 cm³/mol. The van der Waals surface area contributed by atoms with Gasteiger partial charge in [-0.1, -0.05) is 18.6 Å². The van der Waals surface area contributed by atoms with Crippen LogP contribution in [0.4, 0.5) is 0 Å². The number of ether oxygens (including phenoxy) is 1. The monoisotopic (exact) mass is 287 g/mol. The highest BCUT2D eigenvalue weighted by Crippen LogP contribution is 2.49. The highest BCUT2D eigenvalue weighted by Gasteiger charge is 2.42. The van der Waals surface area contributed by atoms with E-state index in [0.717, 1.165) is 11.8 Å². The van der Waals surface area contributed by atoms with Crippen LogP contribution in [0.2, 0.25) is 0 Å². The van der Waals surface area contributed by atoms with Crippen LogP contribution in [0, 0.1) is 17.8 Å². The van der Waals surface area contributed by atoms with Crippen LogP contribution in [0.3, 0.4) is 0 Å². The number of para-hydroxylation sites is 1. The topological polar surface area (TPSA) is 38.3 Å². The quantitative estimate of drug-likeness (QED) is 0.898. The molecule has 21 heavy (non-hydrogen) atoms. The second-order valence-electron chi connectivity index (χ2n) is 6.53. The molecule has 1 N–H and O–H groups in total. The summed E-state index contributed by atoms with van der Waals surface area (Å²) < 4.78 is 5.55. The van der Waals surface area contributed by atoms with Gasteiger partial charge in [-0.15, -0.1) is 0 Å². The van der Waals surface area contributed by atoms with Gasteiger partial charge in [-0.25, -0.2) is 0 Å². The Hall–Kier alpha value is -1.51. The second-order valence-corrected chi connectivity index (χ2v) is 6.53. The van der Waals surface area contributed by atoms with E-state index < -0.39 is 0 Å². The van der Waals surface area contributed by atoms with Crippen molar-refractivity contribution in [1.82, 2.24) is 5.32 Å². The van der Waals surface area contributed by atoms with Crippen molar-refractivity contribution in [3.8, 4) is 5.75 Å². The second kappa shape index (κ2) is 6.08. The van der Waals surface area contributed by atoms with E-state index in [1.54, 1.807) is 0 Å². The van der Waals surface area contributed by atoms with Crippen LogP contribution >= 0.6 is 0 Å². The first-order valence-electron chi connectivity index (χ1n) is 8.21. The molecule has 0 heterocycles. The van der Waals surface area contributed by atoms with Crippen LogP contribution in [0.25, 0.3) is 0 Å². The van der Waals surface area contributed by atoms with Gasteiger partial charge in [-0.3, -0.25) is 4.79 Å². The van der Waals surface area contributed by atoms with Crippen molar-refractivity contribution in [3.63, 3.8) is 0 Å². The number of hydrogen-bond acceptors (Lipinski definition) is 2. The highest BCUT2D eigenvalue weighted by atomic mass is 16.5. The summed E-state index contributed by atoms with van der Waals surface area (Å²) in [6.45, 7) is 4.67. The average molecular weight is 287 g/mol. The number of carbonyl (C=O) groups is 1. The third kappa shape index (κ3) is 2.92. The molecule has 0 spiro atoms. The van der Waals surface area contributed by atoms with Gasteiger partial charge in [0.1, 0.15) is 5.75 Å². The molecule has 2 fully saturated rings. The van der Waals surface area contributed by atoms with Crippen molar-refractivity contribution in [1.29, 1.82) is 0 Å². The van der Waals surface area contributed by atoms with E-state index in [9.17, 15) is 4.79 Å². The van der Waals surface area contributed by atoms with E-state index in [2.05, 4.69) is 12.2 Å². The smallest absolute Gasteiger partial charge is 0.255 e. The van der Waals surface area contributed by atoms with E-state index in [0.29, 0.717) is 23.8 Å². The van der Waals surface area contributed by atoms with Gasteiger partial charge in [-0.05, 0) is 63.0 Å². The molecule has 3 rings (SSSR count). The van der Waals surface area contributed by atoms with Gasteiger partial charge in [0, 0.05) is 6.04 Å². The maximum atomic E-state index is 12.5. The number of hydrogen-bond donors (Lipinski definition) is 1. The zero-order chi connectivity index (χ0) is 14.8. The molecule has 0 radical (unpaired) electrons. The van der Waals surface area contributed by atoms with Crippen molar-refractivity contribution in [2.75, 3.05) is 6.61 Å². The predicted octanol–water partition coefficient (Wildman–Crippen LogP) is 3.64. The van der Waals surface area contributed by atoms with E-state index in [-0.39, 0.29) is 11.9 Å². The van der Waals surface area contributed by atoms with Gasteiger partial charge in [0.2, 0.25) is 0 Å². The molecule has 2 bridgehead atoms. The standard InChI is InChI=1S/C18H25NO2/c1-3-21-17-7-5-4-6-15(17)18(20)19-12(2)16-11-13-8-9-14(16)10-13/h4-7,12-14,16H,3,8-11H2,1-2H3,(H,19,20)/t12-,13+,14-,16+/m0/s1. The minimum atomic E-state index is -0.00526. The summed E-state index contributed by atoms with van der Waals surface area (Å²) in [4.78, 5) is 12.5. The summed E-state index contributed by atoms with van der Waals surface area (Å²) in [6, 6.07) is 7.75. The first kappa shape index (κ1) is 14.4. The lowest BCUT2D eigenvalue weighted by Crippen LogP contribution is -2.40. The van der Waals surface area contributed by atoms with E-state index in [1.807, 2.05) is 31.2 Å². The summed E-state index contributed by atoms with van der Waals surface area (Å²) >= 11 is 0. The third-order valence-corrected chi connectivity index (χ3v) is 5.23. The molecule has 1 amide bonds. The Morgan fingerprint density at radius 2 is 2.14 bits per heavy atom. The molecular formula is C18H25NO2. The molecule has 4 atom stereocenters. The third-order valence-electron chi connectivity index (χ3n) is 5.23. The first-order valence-corrected chi connectivity index (χ1v) is 8.21. The molecule has 0 aliphatic heterocycles. The van der Waals surface area contributed by atoms with Crippen LogP contribution in [0.15, 0.2) is 24.3 Å². The molecule has 3 heteroatoms. The molecule has 2 saturated carbocycles. The van der Waals surface area contributed by atoms with Gasteiger partial charge < -0.3 is 10.1 Å². The van der Waals surface area contributed by atoms with Gasteiger partial charge in [-0.2, -0.15) is 0 Å². The Balaban J connectivity index is 1.66. The molecule has 1 aromatic carbocycles. The largest absolute Gasteiger partial charge is 0.493 e. The van der Waals surface area contributed by atoms with Crippen LogP contribution in [0.1, 0.15) is 49.9 Å². The fourth-order valence-electron chi connectivity index (χ4n) is 4.23. The lowest BCUT2D eigenvalue weighted by Gasteiger charge is -2.28. The first-order chi connectivity index (χ1) is 10.2. The number of fused-ring (bicyclic) bond motifs is 2. The Morgan fingerprint density at radius 3 is 2.81 bits per heavy atom. The van der Waals surface area contributed by atoms with Gasteiger partial charge in [0.25, 0.3) is 5.91 Å². The molecule has 0 unspecified atom stereocenters. The normalized spacial score (nSPS) is 28.4. The van der Waals surface area contributed by atoms with Crippen LogP contribution in [0.5, 0.6) is 5.75 Å². The zero-order valence-electron chi connectivity index (χ0n) is 13.0. The van der Waals surface area contributed by atoms with Gasteiger partial charge in [0.15, 0.2) is 0 Å². The highest BCUT2D eigenvalue weighted by molar-refractivity contribution is 5.97. The Kier molecular flexibility index (Phi) is 4.18. The van der Waals surface area contributed by atoms with E-state index in [1.165, 1.54) is 25.7 Å². The molecule has 0 saturated heterocycles.